The Hall–Kier alpha value is -1.44. The van der Waals surface area contributed by atoms with Gasteiger partial charge in [0.05, 0.1) is 5.92 Å². The standard InChI is InChI=1S/C21H33N3O3S/c1-17-10-12-18(13-11-17)15-22-21(25)19-7-6-14-24(16-19)28(26,27)23(2)20-8-4-3-5-9-20/h10-13,19-20H,3-9,14-16H2,1-2H3,(H,22,25)/t19-/m0/s1. The van der Waals surface area contributed by atoms with Gasteiger partial charge in [-0.2, -0.15) is 17.0 Å². The fraction of sp³-hybridized carbons (Fsp3) is 0.667. The molecule has 1 saturated heterocycles. The van der Waals surface area contributed by atoms with Crippen molar-refractivity contribution in [2.45, 2.75) is 64.5 Å². The lowest BCUT2D eigenvalue weighted by molar-refractivity contribution is -0.126. The highest BCUT2D eigenvalue weighted by Gasteiger charge is 2.37. The number of hydrogen-bond acceptors (Lipinski definition) is 3. The minimum Gasteiger partial charge on any atom is -0.352 e. The first-order valence-corrected chi connectivity index (χ1v) is 11.8. The highest BCUT2D eigenvalue weighted by molar-refractivity contribution is 7.86. The summed E-state index contributed by atoms with van der Waals surface area (Å²) in [7, 11) is -1.81. The van der Waals surface area contributed by atoms with Gasteiger partial charge in [-0.15, -0.1) is 0 Å². The van der Waals surface area contributed by atoms with Crippen LogP contribution in [-0.2, 0) is 21.5 Å². The van der Waals surface area contributed by atoms with Gasteiger partial charge in [0.15, 0.2) is 0 Å². The molecule has 28 heavy (non-hydrogen) atoms. The Labute approximate surface area is 169 Å². The number of carbonyl (C=O) groups is 1. The highest BCUT2D eigenvalue weighted by Crippen LogP contribution is 2.27. The van der Waals surface area contributed by atoms with E-state index in [2.05, 4.69) is 5.32 Å². The van der Waals surface area contributed by atoms with Crippen molar-refractivity contribution >= 4 is 16.1 Å². The van der Waals surface area contributed by atoms with Crippen molar-refractivity contribution in [2.75, 3.05) is 20.1 Å². The van der Waals surface area contributed by atoms with Crippen LogP contribution in [0.4, 0.5) is 0 Å². The molecule has 2 aliphatic rings. The first kappa shape index (κ1) is 21.3. The molecule has 2 fully saturated rings. The van der Waals surface area contributed by atoms with Crippen molar-refractivity contribution in [3.63, 3.8) is 0 Å². The third kappa shape index (κ3) is 5.13. The van der Waals surface area contributed by atoms with Crippen molar-refractivity contribution in [3.8, 4) is 0 Å². The van der Waals surface area contributed by atoms with E-state index < -0.39 is 10.2 Å². The van der Waals surface area contributed by atoms with Gasteiger partial charge in [-0.05, 0) is 38.2 Å². The zero-order chi connectivity index (χ0) is 20.1. The third-order valence-corrected chi connectivity index (χ3v) is 8.13. The molecule has 1 aromatic rings. The summed E-state index contributed by atoms with van der Waals surface area (Å²) in [6.45, 7) is 3.29. The third-order valence-electron chi connectivity index (χ3n) is 6.12. The van der Waals surface area contributed by atoms with E-state index in [1.807, 2.05) is 31.2 Å². The van der Waals surface area contributed by atoms with E-state index in [1.54, 1.807) is 11.4 Å². The van der Waals surface area contributed by atoms with E-state index in [0.717, 1.165) is 44.1 Å². The van der Waals surface area contributed by atoms with E-state index in [9.17, 15) is 13.2 Å². The monoisotopic (exact) mass is 407 g/mol. The summed E-state index contributed by atoms with van der Waals surface area (Å²) in [5.74, 6) is -0.338. The summed E-state index contributed by atoms with van der Waals surface area (Å²) in [5, 5.41) is 2.98. The summed E-state index contributed by atoms with van der Waals surface area (Å²) in [5.41, 5.74) is 2.24. The molecule has 1 N–H and O–H groups in total. The number of nitrogens with zero attached hydrogens (tertiary/aromatic N) is 2. The van der Waals surface area contributed by atoms with Crippen molar-refractivity contribution in [1.82, 2.24) is 13.9 Å². The van der Waals surface area contributed by atoms with Crippen molar-refractivity contribution < 1.29 is 13.2 Å². The van der Waals surface area contributed by atoms with Gasteiger partial charge in [0.25, 0.3) is 10.2 Å². The predicted molar refractivity (Wildman–Crippen MR) is 111 cm³/mol. The van der Waals surface area contributed by atoms with Crippen LogP contribution in [0.3, 0.4) is 0 Å². The number of benzene rings is 1. The maximum absolute atomic E-state index is 13.1. The topological polar surface area (TPSA) is 69.7 Å². The minimum absolute atomic E-state index is 0.0548. The van der Waals surface area contributed by atoms with Gasteiger partial charge in [-0.3, -0.25) is 4.79 Å². The van der Waals surface area contributed by atoms with Gasteiger partial charge in [-0.1, -0.05) is 49.1 Å². The van der Waals surface area contributed by atoms with E-state index in [0.29, 0.717) is 13.1 Å². The lowest BCUT2D eigenvalue weighted by Gasteiger charge is -2.37. The Morgan fingerprint density at radius 2 is 1.79 bits per heavy atom. The normalized spacial score (nSPS) is 22.3. The van der Waals surface area contributed by atoms with Crippen LogP contribution in [-0.4, -0.2) is 49.1 Å². The van der Waals surface area contributed by atoms with E-state index in [1.165, 1.54) is 16.3 Å². The molecule has 1 aliphatic carbocycles. The van der Waals surface area contributed by atoms with E-state index in [-0.39, 0.29) is 24.4 Å². The molecule has 0 aromatic heterocycles. The largest absolute Gasteiger partial charge is 0.352 e. The molecule has 0 unspecified atom stereocenters. The molecule has 1 heterocycles. The Morgan fingerprint density at radius 1 is 1.11 bits per heavy atom. The van der Waals surface area contributed by atoms with Crippen LogP contribution in [0, 0.1) is 12.8 Å². The summed E-state index contributed by atoms with van der Waals surface area (Å²) in [6, 6.07) is 8.16. The molecule has 1 aromatic carbocycles. The fourth-order valence-electron chi connectivity index (χ4n) is 4.22. The molecule has 1 amide bonds. The van der Waals surface area contributed by atoms with Gasteiger partial charge in [-0.25, -0.2) is 0 Å². The molecule has 0 bridgehead atoms. The summed E-state index contributed by atoms with van der Waals surface area (Å²) in [4.78, 5) is 12.6. The first-order valence-electron chi connectivity index (χ1n) is 10.4. The van der Waals surface area contributed by atoms with Gasteiger partial charge in [0.2, 0.25) is 5.91 Å². The molecule has 6 nitrogen and oxygen atoms in total. The highest BCUT2D eigenvalue weighted by atomic mass is 32.2. The zero-order valence-electron chi connectivity index (χ0n) is 17.1. The number of carbonyl (C=O) groups excluding carboxylic acids is 1. The SMILES string of the molecule is Cc1ccc(CNC(=O)[C@H]2CCCN(S(=O)(=O)N(C)C3CCCCC3)C2)cc1. The molecule has 7 heteroatoms. The smallest absolute Gasteiger partial charge is 0.281 e. The number of aryl methyl sites for hydroxylation is 1. The summed E-state index contributed by atoms with van der Waals surface area (Å²) < 4.78 is 29.2. The van der Waals surface area contributed by atoms with Crippen molar-refractivity contribution in [2.24, 2.45) is 5.92 Å². The second kappa shape index (κ2) is 9.37. The number of hydrogen-bond donors (Lipinski definition) is 1. The average molecular weight is 408 g/mol. The van der Waals surface area contributed by atoms with Crippen LogP contribution in [0.1, 0.15) is 56.1 Å². The van der Waals surface area contributed by atoms with Gasteiger partial charge in [0.1, 0.15) is 0 Å². The van der Waals surface area contributed by atoms with Crippen molar-refractivity contribution in [1.29, 1.82) is 0 Å². The molecule has 1 aliphatic heterocycles. The number of nitrogens with one attached hydrogen (secondary N) is 1. The van der Waals surface area contributed by atoms with E-state index in [4.69, 9.17) is 0 Å². The van der Waals surface area contributed by atoms with Crippen LogP contribution < -0.4 is 5.32 Å². The van der Waals surface area contributed by atoms with E-state index >= 15 is 0 Å². The molecule has 1 saturated carbocycles. The average Bonchev–Trinajstić information content (AvgIpc) is 2.73. The molecular weight excluding hydrogens is 374 g/mol. The van der Waals surface area contributed by atoms with Crippen LogP contribution in [0.25, 0.3) is 0 Å². The van der Waals surface area contributed by atoms with Crippen LogP contribution in [0.15, 0.2) is 24.3 Å². The number of amides is 1. The molecule has 3 rings (SSSR count). The molecule has 156 valence electrons. The Bertz CT molecular complexity index is 758. The molecule has 1 atom stereocenters. The first-order chi connectivity index (χ1) is 13.4. The number of piperidine rings is 1. The predicted octanol–water partition coefficient (Wildman–Crippen LogP) is 2.83. The molecule has 0 spiro atoms. The molecule has 0 radical (unpaired) electrons. The molecular formula is C21H33N3O3S. The minimum atomic E-state index is -3.51. The Morgan fingerprint density at radius 3 is 2.46 bits per heavy atom. The maximum Gasteiger partial charge on any atom is 0.281 e. The van der Waals surface area contributed by atoms with Crippen LogP contribution >= 0.6 is 0 Å². The lowest BCUT2D eigenvalue weighted by Crippen LogP contribution is -2.52. The lowest BCUT2D eigenvalue weighted by atomic mass is 9.96. The maximum atomic E-state index is 13.1. The van der Waals surface area contributed by atoms with Gasteiger partial charge >= 0.3 is 0 Å². The van der Waals surface area contributed by atoms with Crippen molar-refractivity contribution in [3.05, 3.63) is 35.4 Å². The second-order valence-corrected chi connectivity index (χ2v) is 10.2. The van der Waals surface area contributed by atoms with Gasteiger partial charge in [0, 0.05) is 32.7 Å². The summed E-state index contributed by atoms with van der Waals surface area (Å²) in [6.07, 6.45) is 6.70. The zero-order valence-corrected chi connectivity index (χ0v) is 17.9. The quantitative estimate of drug-likeness (QED) is 0.788. The Kier molecular flexibility index (Phi) is 7.12. The fourth-order valence-corrected chi connectivity index (χ4v) is 5.90. The van der Waals surface area contributed by atoms with Gasteiger partial charge < -0.3 is 5.32 Å². The van der Waals surface area contributed by atoms with Crippen LogP contribution in [0.2, 0.25) is 0 Å². The second-order valence-electron chi connectivity index (χ2n) is 8.22. The summed E-state index contributed by atoms with van der Waals surface area (Å²) >= 11 is 0. The Balaban J connectivity index is 1.57. The van der Waals surface area contributed by atoms with Crippen LogP contribution in [0.5, 0.6) is 0 Å². The number of rotatable bonds is 6.